The third-order valence-electron chi connectivity index (χ3n) is 2.26. The molecule has 88 valence electrons. The summed E-state index contributed by atoms with van der Waals surface area (Å²) in [5, 5.41) is 10.9. The molecule has 0 saturated heterocycles. The van der Waals surface area contributed by atoms with E-state index in [2.05, 4.69) is 36.3 Å². The molecule has 0 bridgehead atoms. The summed E-state index contributed by atoms with van der Waals surface area (Å²) in [4.78, 5) is 10.8. The van der Waals surface area contributed by atoms with Gasteiger partial charge in [0.05, 0.1) is 0 Å². The van der Waals surface area contributed by atoms with Crippen LogP contribution in [-0.4, -0.2) is 21.6 Å². The molecule has 0 fully saturated rings. The van der Waals surface area contributed by atoms with Crippen LogP contribution in [0.4, 0.5) is 5.82 Å². The lowest BCUT2D eigenvalue weighted by Crippen LogP contribution is -2.31. The molecular weight excluding hydrogens is 204 g/mol. The number of rotatable bonds is 5. The molecule has 1 amide bonds. The van der Waals surface area contributed by atoms with E-state index in [0.717, 1.165) is 12.8 Å². The molecule has 0 aromatic carbocycles. The van der Waals surface area contributed by atoms with Crippen LogP contribution in [0.5, 0.6) is 0 Å². The third kappa shape index (κ3) is 3.49. The highest BCUT2D eigenvalue weighted by Gasteiger charge is 2.16. The SMILES string of the molecule is CCCC(C)(C)Nc1ccc(C(N)=O)nn1. The zero-order chi connectivity index (χ0) is 12.2. The van der Waals surface area contributed by atoms with Gasteiger partial charge in [-0.1, -0.05) is 13.3 Å². The van der Waals surface area contributed by atoms with Crippen LogP contribution in [0.2, 0.25) is 0 Å². The van der Waals surface area contributed by atoms with Gasteiger partial charge in [-0.15, -0.1) is 10.2 Å². The van der Waals surface area contributed by atoms with E-state index in [0.29, 0.717) is 5.82 Å². The highest BCUT2D eigenvalue weighted by molar-refractivity contribution is 5.90. The van der Waals surface area contributed by atoms with Gasteiger partial charge in [0.15, 0.2) is 5.69 Å². The lowest BCUT2D eigenvalue weighted by Gasteiger charge is -2.26. The maximum atomic E-state index is 10.8. The van der Waals surface area contributed by atoms with Crippen molar-refractivity contribution in [1.29, 1.82) is 0 Å². The van der Waals surface area contributed by atoms with Gasteiger partial charge in [-0.2, -0.15) is 0 Å². The average molecular weight is 222 g/mol. The van der Waals surface area contributed by atoms with Crippen molar-refractivity contribution in [2.45, 2.75) is 39.2 Å². The second-order valence-electron chi connectivity index (χ2n) is 4.43. The summed E-state index contributed by atoms with van der Waals surface area (Å²) in [6.07, 6.45) is 2.12. The van der Waals surface area contributed by atoms with Gasteiger partial charge in [0.1, 0.15) is 5.82 Å². The van der Waals surface area contributed by atoms with Crippen LogP contribution in [0, 0.1) is 0 Å². The van der Waals surface area contributed by atoms with Gasteiger partial charge in [0, 0.05) is 5.54 Å². The van der Waals surface area contributed by atoms with Gasteiger partial charge in [0.25, 0.3) is 5.91 Å². The average Bonchev–Trinajstić information content (AvgIpc) is 2.17. The van der Waals surface area contributed by atoms with E-state index in [1.807, 2.05) is 0 Å². The Morgan fingerprint density at radius 2 is 2.12 bits per heavy atom. The molecule has 1 aromatic rings. The molecule has 1 aromatic heterocycles. The number of primary amides is 1. The van der Waals surface area contributed by atoms with Crippen molar-refractivity contribution < 1.29 is 4.79 Å². The van der Waals surface area contributed by atoms with Crippen LogP contribution in [0.15, 0.2) is 12.1 Å². The first kappa shape index (κ1) is 12.4. The predicted octanol–water partition coefficient (Wildman–Crippen LogP) is 1.57. The number of amides is 1. The molecule has 0 aliphatic carbocycles. The Morgan fingerprint density at radius 1 is 1.44 bits per heavy atom. The van der Waals surface area contributed by atoms with Crippen molar-refractivity contribution in [2.24, 2.45) is 5.73 Å². The molecule has 1 heterocycles. The molecule has 5 nitrogen and oxygen atoms in total. The second-order valence-corrected chi connectivity index (χ2v) is 4.43. The molecule has 3 N–H and O–H groups in total. The van der Waals surface area contributed by atoms with Crippen molar-refractivity contribution in [3.05, 3.63) is 17.8 Å². The van der Waals surface area contributed by atoms with E-state index in [1.165, 1.54) is 0 Å². The molecule has 0 aliphatic heterocycles. The summed E-state index contributed by atoms with van der Waals surface area (Å²) in [5.41, 5.74) is 5.23. The largest absolute Gasteiger partial charge is 0.364 e. The first-order valence-corrected chi connectivity index (χ1v) is 5.36. The maximum absolute atomic E-state index is 10.8. The van der Waals surface area contributed by atoms with Crippen LogP contribution in [0.3, 0.4) is 0 Å². The van der Waals surface area contributed by atoms with Crippen molar-refractivity contribution >= 4 is 11.7 Å². The number of anilines is 1. The number of nitrogens with one attached hydrogen (secondary N) is 1. The number of nitrogens with two attached hydrogens (primary N) is 1. The van der Waals surface area contributed by atoms with Crippen LogP contribution in [0.1, 0.15) is 44.1 Å². The van der Waals surface area contributed by atoms with Crippen LogP contribution < -0.4 is 11.1 Å². The highest BCUT2D eigenvalue weighted by Crippen LogP contribution is 2.17. The minimum atomic E-state index is -0.563. The lowest BCUT2D eigenvalue weighted by atomic mass is 9.99. The summed E-state index contributed by atoms with van der Waals surface area (Å²) in [6.45, 7) is 6.33. The minimum absolute atomic E-state index is 0.0301. The smallest absolute Gasteiger partial charge is 0.269 e. The number of nitrogens with zero attached hydrogens (tertiary/aromatic N) is 2. The Labute approximate surface area is 95.4 Å². The Bertz CT molecular complexity index is 359. The monoisotopic (exact) mass is 222 g/mol. The third-order valence-corrected chi connectivity index (χ3v) is 2.26. The summed E-state index contributed by atoms with van der Waals surface area (Å²) < 4.78 is 0. The summed E-state index contributed by atoms with van der Waals surface area (Å²) in [5.74, 6) is 0.0929. The molecule has 1 rings (SSSR count). The maximum Gasteiger partial charge on any atom is 0.269 e. The van der Waals surface area contributed by atoms with Gasteiger partial charge in [-0.05, 0) is 32.4 Å². The number of carbonyl (C=O) groups excluding carboxylic acids is 1. The number of hydrogen-bond acceptors (Lipinski definition) is 4. The first-order valence-electron chi connectivity index (χ1n) is 5.36. The van der Waals surface area contributed by atoms with E-state index < -0.39 is 5.91 Å². The van der Waals surface area contributed by atoms with Gasteiger partial charge >= 0.3 is 0 Å². The van der Waals surface area contributed by atoms with Crippen LogP contribution in [0.25, 0.3) is 0 Å². The molecule has 0 unspecified atom stereocenters. The lowest BCUT2D eigenvalue weighted by molar-refractivity contribution is 0.0994. The minimum Gasteiger partial charge on any atom is -0.364 e. The Morgan fingerprint density at radius 3 is 2.56 bits per heavy atom. The second kappa shape index (κ2) is 4.92. The van der Waals surface area contributed by atoms with Gasteiger partial charge in [-0.25, -0.2) is 0 Å². The number of hydrogen-bond donors (Lipinski definition) is 2. The number of aromatic nitrogens is 2. The normalized spacial score (nSPS) is 11.2. The van der Waals surface area contributed by atoms with Crippen LogP contribution in [-0.2, 0) is 0 Å². The molecule has 0 spiro atoms. The van der Waals surface area contributed by atoms with E-state index in [4.69, 9.17) is 5.73 Å². The zero-order valence-corrected chi connectivity index (χ0v) is 9.95. The molecular formula is C11H18N4O. The topological polar surface area (TPSA) is 80.9 Å². The molecule has 0 atom stereocenters. The quantitative estimate of drug-likeness (QED) is 0.792. The Kier molecular flexibility index (Phi) is 3.82. The van der Waals surface area contributed by atoms with Gasteiger partial charge in [0.2, 0.25) is 0 Å². The molecule has 0 radical (unpaired) electrons. The Hall–Kier alpha value is -1.65. The fourth-order valence-electron chi connectivity index (χ4n) is 1.56. The van der Waals surface area contributed by atoms with Gasteiger partial charge in [-0.3, -0.25) is 4.79 Å². The predicted molar refractivity (Wildman–Crippen MR) is 63.2 cm³/mol. The summed E-state index contributed by atoms with van der Waals surface area (Å²) >= 11 is 0. The van der Waals surface area contributed by atoms with E-state index in [9.17, 15) is 4.79 Å². The van der Waals surface area contributed by atoms with Gasteiger partial charge < -0.3 is 11.1 Å². The zero-order valence-electron chi connectivity index (χ0n) is 9.95. The molecule has 16 heavy (non-hydrogen) atoms. The van der Waals surface area contributed by atoms with E-state index in [1.54, 1.807) is 12.1 Å². The highest BCUT2D eigenvalue weighted by atomic mass is 16.1. The fourth-order valence-corrected chi connectivity index (χ4v) is 1.56. The van der Waals surface area contributed by atoms with E-state index >= 15 is 0 Å². The standard InChI is InChI=1S/C11H18N4O/c1-4-7-11(2,3)13-9-6-5-8(10(12)16)14-15-9/h5-6H,4,7H2,1-3H3,(H2,12,16)(H,13,15). The van der Waals surface area contributed by atoms with Crippen LogP contribution >= 0.6 is 0 Å². The summed E-state index contributed by atoms with van der Waals surface area (Å²) in [7, 11) is 0. The van der Waals surface area contributed by atoms with E-state index in [-0.39, 0.29) is 11.2 Å². The molecule has 0 saturated carbocycles. The molecule has 0 aliphatic rings. The fraction of sp³-hybridized carbons (Fsp3) is 0.545. The van der Waals surface area contributed by atoms with Crippen molar-refractivity contribution in [3.8, 4) is 0 Å². The first-order chi connectivity index (χ1) is 7.44. The molecule has 5 heteroatoms. The summed E-state index contributed by atoms with van der Waals surface area (Å²) in [6, 6.07) is 3.28. The van der Waals surface area contributed by atoms with Crippen molar-refractivity contribution in [1.82, 2.24) is 10.2 Å². The van der Waals surface area contributed by atoms with Crippen molar-refractivity contribution in [3.63, 3.8) is 0 Å². The van der Waals surface area contributed by atoms with Crippen molar-refractivity contribution in [2.75, 3.05) is 5.32 Å². The Balaban J connectivity index is 2.72. The number of carbonyl (C=O) groups is 1.